The van der Waals surface area contributed by atoms with E-state index in [1.165, 1.54) is 45.0 Å². The first kappa shape index (κ1) is 45.4. The lowest BCUT2D eigenvalue weighted by Crippen LogP contribution is -2.44. The standard InChI is InChI=1S/C20H14Cl2F3N3O3S2.C18H14Cl2N4OS/c1-19(2)17(29)27(12-5-7-16(26-3)15(22)9-12)18(32)28(19)13-4-6-14(21)11(8-13)10-33(30,31)20(23,24)25;1-18(2)16(25)23(10-5-7-15(22-3)13(20)8-10)17(26)24(18)11-4-6-12(19)14(21)9-11/h4-9H,10H2,1-2H3;4-9H,21H2,1-2H3. The molecule has 0 bridgehead atoms. The van der Waals surface area contributed by atoms with E-state index in [1.54, 1.807) is 69.0 Å². The Bertz CT molecular complexity index is 2670. The molecule has 59 heavy (non-hydrogen) atoms. The number of rotatable bonds is 6. The second kappa shape index (κ2) is 16.4. The molecule has 2 aliphatic heterocycles. The summed E-state index contributed by atoms with van der Waals surface area (Å²) in [7, 11) is -5.48. The van der Waals surface area contributed by atoms with Gasteiger partial charge in [0.2, 0.25) is 11.4 Å². The van der Waals surface area contributed by atoms with Crippen LogP contribution in [-0.2, 0) is 25.2 Å². The van der Waals surface area contributed by atoms with Gasteiger partial charge in [0.05, 0.1) is 41.0 Å². The third-order valence-corrected chi connectivity index (χ3v) is 12.6. The van der Waals surface area contributed by atoms with Crippen molar-refractivity contribution in [3.8, 4) is 0 Å². The SMILES string of the molecule is [C-]#[N+]c1ccc(N2C(=O)C(C)(C)N(c3ccc(Cl)c(CS(=O)(=O)C(F)(F)F)c3)C2=S)cc1Cl.[C-]#[N+]c1ccc(N2C(=O)C(C)(C)N(c3ccc(Cl)c(N)c3)C2=S)cc1Cl. The summed E-state index contributed by atoms with van der Waals surface area (Å²) >= 11 is 35.3. The molecular formula is C38H28Cl4F3N7O4S3. The molecule has 0 unspecified atom stereocenters. The van der Waals surface area contributed by atoms with E-state index in [-0.39, 0.29) is 43.0 Å². The molecule has 0 radical (unpaired) electrons. The van der Waals surface area contributed by atoms with Gasteiger partial charge in [-0.3, -0.25) is 19.4 Å². The first-order valence-corrected chi connectivity index (χ1v) is 20.6. The number of nitrogen functional groups attached to an aromatic ring is 1. The lowest BCUT2D eigenvalue weighted by molar-refractivity contribution is -0.121. The van der Waals surface area contributed by atoms with Gasteiger partial charge >= 0.3 is 5.51 Å². The fourth-order valence-corrected chi connectivity index (χ4v) is 8.80. The predicted molar refractivity (Wildman–Crippen MR) is 235 cm³/mol. The van der Waals surface area contributed by atoms with E-state index >= 15 is 0 Å². The van der Waals surface area contributed by atoms with Crippen LogP contribution in [0, 0.1) is 13.1 Å². The maximum Gasteiger partial charge on any atom is 0.497 e. The summed E-state index contributed by atoms with van der Waals surface area (Å²) in [5.41, 5.74) is 0.516. The van der Waals surface area contributed by atoms with Crippen LogP contribution in [0.4, 0.5) is 53.0 Å². The van der Waals surface area contributed by atoms with Crippen molar-refractivity contribution in [1.29, 1.82) is 0 Å². The number of carbonyl (C=O) groups is 2. The Balaban J connectivity index is 0.000000230. The van der Waals surface area contributed by atoms with Gasteiger partial charge in [-0.05, 0) is 118 Å². The molecule has 21 heteroatoms. The second-order valence-corrected chi connectivity index (χ2v) is 18.2. The van der Waals surface area contributed by atoms with E-state index < -0.39 is 38.1 Å². The minimum absolute atomic E-state index is 0.0106. The third-order valence-electron chi connectivity index (χ3n) is 9.18. The predicted octanol–water partition coefficient (Wildman–Crippen LogP) is 10.9. The summed E-state index contributed by atoms with van der Waals surface area (Å²) in [6, 6.07) is 18.0. The van der Waals surface area contributed by atoms with Gasteiger partial charge in [0.25, 0.3) is 21.7 Å². The molecule has 2 fully saturated rings. The lowest BCUT2D eigenvalue weighted by Gasteiger charge is -2.30. The zero-order valence-corrected chi connectivity index (χ0v) is 36.4. The fourth-order valence-electron chi connectivity index (χ4n) is 6.13. The van der Waals surface area contributed by atoms with Crippen LogP contribution in [0.15, 0.2) is 72.8 Å². The first-order valence-electron chi connectivity index (χ1n) is 16.6. The van der Waals surface area contributed by atoms with Crippen LogP contribution < -0.4 is 25.3 Å². The monoisotopic (exact) mass is 939 g/mol. The summed E-state index contributed by atoms with van der Waals surface area (Å²) in [5.74, 6) is -2.03. The quantitative estimate of drug-likeness (QED) is 0.115. The summed E-state index contributed by atoms with van der Waals surface area (Å²) < 4.78 is 61.9. The van der Waals surface area contributed by atoms with Gasteiger partial charge in [-0.15, -0.1) is 0 Å². The molecule has 2 N–H and O–H groups in total. The van der Waals surface area contributed by atoms with Gasteiger partial charge < -0.3 is 15.5 Å². The average molecular weight is 942 g/mol. The van der Waals surface area contributed by atoms with E-state index in [1.807, 2.05) is 0 Å². The number of benzene rings is 4. The molecule has 306 valence electrons. The highest BCUT2D eigenvalue weighted by Crippen LogP contribution is 2.42. The van der Waals surface area contributed by atoms with Crippen molar-refractivity contribution in [3.63, 3.8) is 0 Å². The number of halogens is 7. The molecule has 0 saturated carbocycles. The van der Waals surface area contributed by atoms with Crippen LogP contribution in [0.1, 0.15) is 33.3 Å². The zero-order valence-electron chi connectivity index (χ0n) is 30.9. The maximum atomic E-state index is 13.2. The zero-order chi connectivity index (χ0) is 44.2. The van der Waals surface area contributed by atoms with Crippen molar-refractivity contribution in [2.75, 3.05) is 25.3 Å². The van der Waals surface area contributed by atoms with E-state index in [0.717, 1.165) is 6.07 Å². The Hall–Kier alpha value is -4.72. The molecule has 6 rings (SSSR count). The summed E-state index contributed by atoms with van der Waals surface area (Å²) in [6.07, 6.45) is 0. The minimum atomic E-state index is -5.48. The molecule has 2 saturated heterocycles. The van der Waals surface area contributed by atoms with Gasteiger partial charge in [0.1, 0.15) is 11.1 Å². The highest BCUT2D eigenvalue weighted by molar-refractivity contribution is 7.91. The van der Waals surface area contributed by atoms with Crippen LogP contribution in [0.3, 0.4) is 0 Å². The van der Waals surface area contributed by atoms with Crippen molar-refractivity contribution in [2.24, 2.45) is 0 Å². The Morgan fingerprint density at radius 2 is 1.05 bits per heavy atom. The van der Waals surface area contributed by atoms with Crippen molar-refractivity contribution >= 4 is 143 Å². The number of amides is 2. The number of nitrogens with zero attached hydrogens (tertiary/aromatic N) is 6. The lowest BCUT2D eigenvalue weighted by atomic mass is 10.0. The molecule has 4 aromatic rings. The van der Waals surface area contributed by atoms with Crippen LogP contribution in [0.2, 0.25) is 20.1 Å². The maximum absolute atomic E-state index is 13.2. The number of carbonyl (C=O) groups excluding carboxylic acids is 2. The van der Waals surface area contributed by atoms with Crippen molar-refractivity contribution in [1.82, 2.24) is 0 Å². The molecule has 2 amide bonds. The van der Waals surface area contributed by atoms with E-state index in [9.17, 15) is 31.2 Å². The van der Waals surface area contributed by atoms with Crippen molar-refractivity contribution in [2.45, 2.75) is 50.0 Å². The van der Waals surface area contributed by atoms with Gasteiger partial charge in [-0.2, -0.15) is 13.2 Å². The van der Waals surface area contributed by atoms with Gasteiger partial charge in [0, 0.05) is 26.4 Å². The minimum Gasteiger partial charge on any atom is -0.397 e. The Labute approximate surface area is 368 Å². The molecule has 0 atom stereocenters. The van der Waals surface area contributed by atoms with E-state index in [4.69, 9.17) is 89.7 Å². The molecule has 4 aromatic carbocycles. The average Bonchev–Trinajstić information content (AvgIpc) is 3.44. The summed E-state index contributed by atoms with van der Waals surface area (Å²) in [6.45, 7) is 20.8. The fraction of sp³-hybridized carbons (Fsp3) is 0.211. The van der Waals surface area contributed by atoms with Crippen LogP contribution in [0.25, 0.3) is 9.69 Å². The van der Waals surface area contributed by atoms with Gasteiger partial charge in [-0.25, -0.2) is 18.1 Å². The molecule has 0 aromatic heterocycles. The number of alkyl halides is 3. The Kier molecular flexibility index (Phi) is 12.6. The number of anilines is 5. The first-order chi connectivity index (χ1) is 27.3. The molecule has 2 aliphatic rings. The number of sulfone groups is 1. The van der Waals surface area contributed by atoms with Crippen molar-refractivity contribution in [3.05, 3.63) is 121 Å². The summed E-state index contributed by atoms with van der Waals surface area (Å²) in [4.78, 5) is 38.6. The molecule has 11 nitrogen and oxygen atoms in total. The number of nitrogens with two attached hydrogens (primary N) is 1. The molecule has 0 spiro atoms. The second-order valence-electron chi connectivity index (χ2n) is 13.8. The smallest absolute Gasteiger partial charge is 0.397 e. The van der Waals surface area contributed by atoms with Crippen LogP contribution in [0.5, 0.6) is 0 Å². The van der Waals surface area contributed by atoms with Crippen molar-refractivity contribution < 1.29 is 31.2 Å². The summed E-state index contributed by atoms with van der Waals surface area (Å²) in [5, 5.41) is 0.915. The number of thiocarbonyl (C=S) groups is 2. The molecular weight excluding hydrogens is 913 g/mol. The molecule has 2 heterocycles. The van der Waals surface area contributed by atoms with E-state index in [2.05, 4.69) is 9.69 Å². The topological polar surface area (TPSA) is 116 Å². The Morgan fingerprint density at radius 3 is 1.42 bits per heavy atom. The van der Waals surface area contributed by atoms with Gasteiger partial charge in [-0.1, -0.05) is 58.5 Å². The largest absolute Gasteiger partial charge is 0.497 e. The number of hydrogen-bond acceptors (Lipinski definition) is 7. The van der Waals surface area contributed by atoms with E-state index in [0.29, 0.717) is 38.6 Å². The normalized spacial score (nSPS) is 16.2. The highest BCUT2D eigenvalue weighted by Gasteiger charge is 2.52. The van der Waals surface area contributed by atoms with Crippen LogP contribution in [-0.4, -0.2) is 47.0 Å². The number of hydrogen-bond donors (Lipinski definition) is 1. The highest BCUT2D eigenvalue weighted by atomic mass is 35.5. The molecule has 0 aliphatic carbocycles. The van der Waals surface area contributed by atoms with Gasteiger partial charge in [0.15, 0.2) is 10.2 Å². The third kappa shape index (κ3) is 8.38. The Morgan fingerprint density at radius 1 is 0.661 bits per heavy atom. The van der Waals surface area contributed by atoms with Crippen LogP contribution >= 0.6 is 70.8 Å².